The van der Waals surface area contributed by atoms with Gasteiger partial charge in [-0.05, 0) is 19.0 Å². The summed E-state index contributed by atoms with van der Waals surface area (Å²) in [4.78, 5) is 11.9. The molecule has 1 amide bonds. The summed E-state index contributed by atoms with van der Waals surface area (Å²) in [6.07, 6.45) is 1.06. The summed E-state index contributed by atoms with van der Waals surface area (Å²) in [6, 6.07) is 5.55. The summed E-state index contributed by atoms with van der Waals surface area (Å²) < 4.78 is 11.1. The molecule has 2 heterocycles. The molecule has 0 radical (unpaired) electrons. The lowest BCUT2D eigenvalue weighted by Gasteiger charge is -2.12. The Morgan fingerprint density at radius 3 is 3.15 bits per heavy atom. The first-order valence-electron chi connectivity index (χ1n) is 7.16. The standard InChI is InChI=1S/C15H20N2O3/c1-2-16-14-12-4-3-11(7-13(12)17-15(14)18)20-9-10-5-6-19-8-10/h3-4,7,10,14,16H,2,5-6,8-9H2,1H3,(H,17,18). The molecule has 0 aliphatic carbocycles. The van der Waals surface area contributed by atoms with E-state index >= 15 is 0 Å². The number of carbonyl (C=O) groups excluding carboxylic acids is 1. The highest BCUT2D eigenvalue weighted by Crippen LogP contribution is 2.33. The largest absolute Gasteiger partial charge is 0.493 e. The maximum Gasteiger partial charge on any atom is 0.246 e. The quantitative estimate of drug-likeness (QED) is 0.859. The first kappa shape index (κ1) is 13.4. The van der Waals surface area contributed by atoms with Gasteiger partial charge in [0.15, 0.2) is 0 Å². The van der Waals surface area contributed by atoms with Crippen LogP contribution in [0.5, 0.6) is 5.75 Å². The Balaban J connectivity index is 1.67. The average molecular weight is 276 g/mol. The Hall–Kier alpha value is -1.59. The minimum atomic E-state index is -0.243. The zero-order valence-electron chi connectivity index (χ0n) is 11.6. The second kappa shape index (κ2) is 5.81. The molecule has 0 spiro atoms. The van der Waals surface area contributed by atoms with Crippen molar-refractivity contribution in [2.24, 2.45) is 5.92 Å². The molecular formula is C15H20N2O3. The predicted octanol–water partition coefficient (Wildman–Crippen LogP) is 1.70. The fourth-order valence-corrected chi connectivity index (χ4v) is 2.67. The van der Waals surface area contributed by atoms with Gasteiger partial charge in [-0.3, -0.25) is 4.79 Å². The lowest BCUT2D eigenvalue weighted by molar-refractivity contribution is -0.117. The topological polar surface area (TPSA) is 59.6 Å². The molecule has 2 aliphatic rings. The summed E-state index contributed by atoms with van der Waals surface area (Å²) >= 11 is 0. The van der Waals surface area contributed by atoms with E-state index in [1.807, 2.05) is 25.1 Å². The highest BCUT2D eigenvalue weighted by atomic mass is 16.5. The van der Waals surface area contributed by atoms with E-state index in [4.69, 9.17) is 9.47 Å². The van der Waals surface area contributed by atoms with Crippen molar-refractivity contribution in [1.82, 2.24) is 5.32 Å². The maximum absolute atomic E-state index is 11.9. The molecule has 2 unspecified atom stereocenters. The van der Waals surface area contributed by atoms with Crippen LogP contribution in [0.1, 0.15) is 24.9 Å². The zero-order valence-corrected chi connectivity index (χ0v) is 11.6. The van der Waals surface area contributed by atoms with Crippen LogP contribution in [0.2, 0.25) is 0 Å². The van der Waals surface area contributed by atoms with E-state index < -0.39 is 0 Å². The van der Waals surface area contributed by atoms with Crippen molar-refractivity contribution in [3.8, 4) is 5.75 Å². The van der Waals surface area contributed by atoms with Gasteiger partial charge in [0.1, 0.15) is 11.8 Å². The Bertz CT molecular complexity index is 498. The number of likely N-dealkylation sites (N-methyl/N-ethyl adjacent to an activating group) is 1. The number of hydrogen-bond donors (Lipinski definition) is 2. The van der Waals surface area contributed by atoms with Crippen LogP contribution in [0.25, 0.3) is 0 Å². The van der Waals surface area contributed by atoms with Gasteiger partial charge in [0.2, 0.25) is 5.91 Å². The minimum absolute atomic E-state index is 0.00296. The van der Waals surface area contributed by atoms with Crippen LogP contribution in [-0.2, 0) is 9.53 Å². The summed E-state index contributed by atoms with van der Waals surface area (Å²) in [7, 11) is 0. The van der Waals surface area contributed by atoms with Crippen molar-refractivity contribution >= 4 is 11.6 Å². The summed E-state index contributed by atoms with van der Waals surface area (Å²) in [5.74, 6) is 1.28. The van der Waals surface area contributed by atoms with Gasteiger partial charge in [0, 0.05) is 29.8 Å². The van der Waals surface area contributed by atoms with E-state index in [1.54, 1.807) is 0 Å². The number of hydrogen-bond acceptors (Lipinski definition) is 4. The lowest BCUT2D eigenvalue weighted by Crippen LogP contribution is -2.27. The monoisotopic (exact) mass is 276 g/mol. The number of fused-ring (bicyclic) bond motifs is 1. The van der Waals surface area contributed by atoms with E-state index in [0.717, 1.165) is 43.2 Å². The molecule has 0 aromatic heterocycles. The molecule has 3 rings (SSSR count). The molecule has 1 saturated heterocycles. The van der Waals surface area contributed by atoms with E-state index in [1.165, 1.54) is 0 Å². The third-order valence-electron chi connectivity index (χ3n) is 3.77. The van der Waals surface area contributed by atoms with E-state index in [-0.39, 0.29) is 11.9 Å². The first-order chi connectivity index (χ1) is 9.78. The third-order valence-corrected chi connectivity index (χ3v) is 3.77. The number of benzene rings is 1. The van der Waals surface area contributed by atoms with Crippen molar-refractivity contribution in [2.75, 3.05) is 31.7 Å². The van der Waals surface area contributed by atoms with E-state index in [0.29, 0.717) is 12.5 Å². The summed E-state index contributed by atoms with van der Waals surface area (Å²) in [5, 5.41) is 6.07. The fourth-order valence-electron chi connectivity index (χ4n) is 2.67. The zero-order chi connectivity index (χ0) is 13.9. The number of amides is 1. The van der Waals surface area contributed by atoms with Gasteiger partial charge >= 0.3 is 0 Å². The molecule has 2 N–H and O–H groups in total. The molecule has 20 heavy (non-hydrogen) atoms. The van der Waals surface area contributed by atoms with Crippen molar-refractivity contribution in [3.63, 3.8) is 0 Å². The molecule has 1 aromatic rings. The lowest BCUT2D eigenvalue weighted by atomic mass is 10.1. The molecular weight excluding hydrogens is 256 g/mol. The Labute approximate surface area is 118 Å². The van der Waals surface area contributed by atoms with Gasteiger partial charge < -0.3 is 20.1 Å². The second-order valence-corrected chi connectivity index (χ2v) is 5.27. The third kappa shape index (κ3) is 2.64. The predicted molar refractivity (Wildman–Crippen MR) is 75.9 cm³/mol. The molecule has 108 valence electrons. The van der Waals surface area contributed by atoms with E-state index in [2.05, 4.69) is 10.6 Å². The molecule has 0 bridgehead atoms. The Kier molecular flexibility index (Phi) is 3.89. The van der Waals surface area contributed by atoms with Gasteiger partial charge in [-0.2, -0.15) is 0 Å². The Morgan fingerprint density at radius 1 is 1.50 bits per heavy atom. The van der Waals surface area contributed by atoms with Crippen LogP contribution in [0.3, 0.4) is 0 Å². The molecule has 1 fully saturated rings. The summed E-state index contributed by atoms with van der Waals surface area (Å²) in [6.45, 7) is 5.04. The molecule has 5 nitrogen and oxygen atoms in total. The normalized spacial score (nSPS) is 24.6. The number of anilines is 1. The highest BCUT2D eigenvalue weighted by Gasteiger charge is 2.29. The second-order valence-electron chi connectivity index (χ2n) is 5.27. The van der Waals surface area contributed by atoms with Gasteiger partial charge in [0.25, 0.3) is 0 Å². The molecule has 5 heteroatoms. The van der Waals surface area contributed by atoms with E-state index in [9.17, 15) is 4.79 Å². The summed E-state index contributed by atoms with van der Waals surface area (Å²) in [5.41, 5.74) is 1.84. The maximum atomic E-state index is 11.9. The number of nitrogens with one attached hydrogen (secondary N) is 2. The van der Waals surface area contributed by atoms with Crippen LogP contribution >= 0.6 is 0 Å². The molecule has 1 aromatic carbocycles. The average Bonchev–Trinajstić information content (AvgIpc) is 3.05. The fraction of sp³-hybridized carbons (Fsp3) is 0.533. The molecule has 0 saturated carbocycles. The van der Waals surface area contributed by atoms with Gasteiger partial charge in [-0.1, -0.05) is 13.0 Å². The van der Waals surface area contributed by atoms with Crippen molar-refractivity contribution < 1.29 is 14.3 Å². The first-order valence-corrected chi connectivity index (χ1v) is 7.16. The number of rotatable bonds is 5. The molecule has 2 atom stereocenters. The van der Waals surface area contributed by atoms with Gasteiger partial charge in [-0.15, -0.1) is 0 Å². The smallest absolute Gasteiger partial charge is 0.246 e. The number of carbonyl (C=O) groups is 1. The van der Waals surface area contributed by atoms with Gasteiger partial charge in [-0.25, -0.2) is 0 Å². The van der Waals surface area contributed by atoms with Crippen molar-refractivity contribution in [3.05, 3.63) is 23.8 Å². The van der Waals surface area contributed by atoms with Crippen molar-refractivity contribution in [2.45, 2.75) is 19.4 Å². The Morgan fingerprint density at radius 2 is 2.40 bits per heavy atom. The SMILES string of the molecule is CCNC1C(=O)Nc2cc(OCC3CCOC3)ccc21. The van der Waals surface area contributed by atoms with Crippen LogP contribution < -0.4 is 15.4 Å². The van der Waals surface area contributed by atoms with Crippen LogP contribution in [0.15, 0.2) is 18.2 Å². The minimum Gasteiger partial charge on any atom is -0.493 e. The van der Waals surface area contributed by atoms with Crippen LogP contribution in [0, 0.1) is 5.92 Å². The highest BCUT2D eigenvalue weighted by molar-refractivity contribution is 6.02. The van der Waals surface area contributed by atoms with Crippen LogP contribution in [0.4, 0.5) is 5.69 Å². The molecule has 2 aliphatic heterocycles. The van der Waals surface area contributed by atoms with Crippen LogP contribution in [-0.4, -0.2) is 32.3 Å². The van der Waals surface area contributed by atoms with Gasteiger partial charge in [0.05, 0.1) is 13.2 Å². The number of ether oxygens (including phenoxy) is 2. The van der Waals surface area contributed by atoms with Crippen molar-refractivity contribution in [1.29, 1.82) is 0 Å².